The van der Waals surface area contributed by atoms with Gasteiger partial charge in [-0.05, 0) is 41.9 Å². The fourth-order valence-electron chi connectivity index (χ4n) is 3.20. The van der Waals surface area contributed by atoms with Crippen molar-refractivity contribution >= 4 is 21.9 Å². The smallest absolute Gasteiger partial charge is 0.340 e. The van der Waals surface area contributed by atoms with Crippen LogP contribution in [-0.2, 0) is 4.74 Å². The largest absolute Gasteiger partial charge is 0.459 e. The molecule has 1 aromatic rings. The van der Waals surface area contributed by atoms with E-state index in [-0.39, 0.29) is 12.1 Å². The van der Waals surface area contributed by atoms with E-state index in [0.717, 1.165) is 17.3 Å². The standard InChI is InChI=1S/C14H17BrN2O2/c1-17-11-2-3-12(17)6-13(5-11)19-14(18)9-4-10(15)8-16-7-9/h4,7-8,11-13H,2-3,5-6H2,1H3/t11-,12-/m0/s1. The molecule has 1 aromatic heterocycles. The summed E-state index contributed by atoms with van der Waals surface area (Å²) in [7, 11) is 2.18. The maximum atomic E-state index is 12.1. The number of hydrogen-bond donors (Lipinski definition) is 0. The predicted molar refractivity (Wildman–Crippen MR) is 74.9 cm³/mol. The van der Waals surface area contributed by atoms with Crippen LogP contribution < -0.4 is 0 Å². The Hall–Kier alpha value is -0.940. The number of hydrogen-bond acceptors (Lipinski definition) is 4. The predicted octanol–water partition coefficient (Wildman–Crippen LogP) is 2.63. The average molecular weight is 325 g/mol. The summed E-state index contributed by atoms with van der Waals surface area (Å²) < 4.78 is 6.43. The third-order valence-electron chi connectivity index (χ3n) is 4.27. The van der Waals surface area contributed by atoms with E-state index in [0.29, 0.717) is 17.6 Å². The molecule has 0 radical (unpaired) electrons. The number of rotatable bonds is 2. The van der Waals surface area contributed by atoms with Crippen molar-refractivity contribution in [3.8, 4) is 0 Å². The van der Waals surface area contributed by atoms with Crippen LogP contribution in [-0.4, -0.2) is 41.1 Å². The van der Waals surface area contributed by atoms with Crippen LogP contribution in [0.2, 0.25) is 0 Å². The number of aromatic nitrogens is 1. The van der Waals surface area contributed by atoms with E-state index in [1.807, 2.05) is 0 Å². The Kier molecular flexibility index (Phi) is 3.58. The Morgan fingerprint density at radius 1 is 1.37 bits per heavy atom. The van der Waals surface area contributed by atoms with Crippen LogP contribution in [0.15, 0.2) is 22.9 Å². The lowest BCUT2D eigenvalue weighted by Crippen LogP contribution is -2.43. The number of fused-ring (bicyclic) bond motifs is 2. The molecule has 0 amide bonds. The maximum absolute atomic E-state index is 12.1. The van der Waals surface area contributed by atoms with Crippen molar-refractivity contribution in [2.45, 2.75) is 43.9 Å². The molecule has 0 unspecified atom stereocenters. The third kappa shape index (κ3) is 2.67. The van der Waals surface area contributed by atoms with Crippen molar-refractivity contribution in [3.63, 3.8) is 0 Å². The highest BCUT2D eigenvalue weighted by atomic mass is 79.9. The summed E-state index contributed by atoms with van der Waals surface area (Å²) in [5.41, 5.74) is 0.514. The molecule has 2 bridgehead atoms. The summed E-state index contributed by atoms with van der Waals surface area (Å²) in [6.45, 7) is 0. The van der Waals surface area contributed by atoms with Crippen molar-refractivity contribution in [2.24, 2.45) is 0 Å². The van der Waals surface area contributed by atoms with Crippen molar-refractivity contribution in [1.29, 1.82) is 0 Å². The first-order chi connectivity index (χ1) is 9.13. The van der Waals surface area contributed by atoms with Gasteiger partial charge in [0.1, 0.15) is 6.10 Å². The number of piperidine rings is 1. The molecule has 0 saturated carbocycles. The van der Waals surface area contributed by atoms with Crippen molar-refractivity contribution in [1.82, 2.24) is 9.88 Å². The number of halogens is 1. The minimum atomic E-state index is -0.261. The number of esters is 1. The Balaban J connectivity index is 1.65. The van der Waals surface area contributed by atoms with Crippen LogP contribution in [0.3, 0.4) is 0 Å². The second-order valence-electron chi connectivity index (χ2n) is 5.44. The number of pyridine rings is 1. The van der Waals surface area contributed by atoms with Gasteiger partial charge in [-0.25, -0.2) is 4.79 Å². The van der Waals surface area contributed by atoms with Crippen LogP contribution in [0.1, 0.15) is 36.0 Å². The lowest BCUT2D eigenvalue weighted by Gasteiger charge is -2.35. The molecule has 102 valence electrons. The van der Waals surface area contributed by atoms with Crippen molar-refractivity contribution in [3.05, 3.63) is 28.5 Å². The van der Waals surface area contributed by atoms with Crippen molar-refractivity contribution < 1.29 is 9.53 Å². The molecule has 2 aliphatic rings. The average Bonchev–Trinajstić information content (AvgIpc) is 2.62. The molecule has 3 rings (SSSR count). The summed E-state index contributed by atoms with van der Waals surface area (Å²) in [6, 6.07) is 2.91. The maximum Gasteiger partial charge on any atom is 0.340 e. The molecule has 2 saturated heterocycles. The Labute approximate surface area is 121 Å². The minimum Gasteiger partial charge on any atom is -0.459 e. The third-order valence-corrected chi connectivity index (χ3v) is 4.70. The molecular formula is C14H17BrN2O2. The molecule has 0 N–H and O–H groups in total. The van der Waals surface area contributed by atoms with E-state index in [1.54, 1.807) is 18.5 Å². The first kappa shape index (κ1) is 13.1. The first-order valence-electron chi connectivity index (χ1n) is 6.67. The number of carbonyl (C=O) groups excluding carboxylic acids is 1. The highest BCUT2D eigenvalue weighted by Crippen LogP contribution is 2.35. The van der Waals surface area contributed by atoms with Gasteiger partial charge in [0.15, 0.2) is 0 Å². The van der Waals surface area contributed by atoms with Gasteiger partial charge in [0, 0.05) is 41.8 Å². The lowest BCUT2D eigenvalue weighted by molar-refractivity contribution is -0.000491. The molecule has 0 aliphatic carbocycles. The fourth-order valence-corrected chi connectivity index (χ4v) is 3.57. The van der Waals surface area contributed by atoms with Crippen LogP contribution in [0.5, 0.6) is 0 Å². The molecule has 19 heavy (non-hydrogen) atoms. The summed E-state index contributed by atoms with van der Waals surface area (Å²) in [4.78, 5) is 18.5. The van der Waals surface area contributed by atoms with E-state index in [4.69, 9.17) is 4.74 Å². The van der Waals surface area contributed by atoms with Gasteiger partial charge in [-0.1, -0.05) is 0 Å². The Bertz CT molecular complexity index is 480. The highest BCUT2D eigenvalue weighted by Gasteiger charge is 2.39. The molecular weight excluding hydrogens is 308 g/mol. The van der Waals surface area contributed by atoms with E-state index in [2.05, 4.69) is 32.9 Å². The summed E-state index contributed by atoms with van der Waals surface area (Å²) in [5.74, 6) is -0.261. The van der Waals surface area contributed by atoms with Gasteiger partial charge in [-0.2, -0.15) is 0 Å². The molecule has 2 aliphatic heterocycles. The summed E-state index contributed by atoms with van der Waals surface area (Å²) >= 11 is 3.32. The molecule has 0 aromatic carbocycles. The highest BCUT2D eigenvalue weighted by molar-refractivity contribution is 9.10. The molecule has 2 atom stereocenters. The van der Waals surface area contributed by atoms with E-state index in [1.165, 1.54) is 12.8 Å². The molecule has 4 nitrogen and oxygen atoms in total. The fraction of sp³-hybridized carbons (Fsp3) is 0.571. The van der Waals surface area contributed by atoms with Crippen LogP contribution in [0, 0.1) is 0 Å². The van der Waals surface area contributed by atoms with Crippen LogP contribution >= 0.6 is 15.9 Å². The second kappa shape index (κ2) is 5.21. The summed E-state index contributed by atoms with van der Waals surface area (Å²) in [6.07, 6.45) is 7.64. The van der Waals surface area contributed by atoms with Crippen LogP contribution in [0.4, 0.5) is 0 Å². The van der Waals surface area contributed by atoms with E-state index >= 15 is 0 Å². The van der Waals surface area contributed by atoms with Crippen LogP contribution in [0.25, 0.3) is 0 Å². The quantitative estimate of drug-likeness (QED) is 0.784. The van der Waals surface area contributed by atoms with Crippen molar-refractivity contribution in [2.75, 3.05) is 7.05 Å². The zero-order valence-electron chi connectivity index (χ0n) is 10.9. The SMILES string of the molecule is CN1[C@H]2CC[C@H]1CC(OC(=O)c1cncc(Br)c1)C2. The van der Waals surface area contributed by atoms with Gasteiger partial charge in [0.2, 0.25) is 0 Å². The van der Waals surface area contributed by atoms with Gasteiger partial charge >= 0.3 is 5.97 Å². The Morgan fingerprint density at radius 3 is 2.68 bits per heavy atom. The van der Waals surface area contributed by atoms with Gasteiger partial charge < -0.3 is 9.64 Å². The van der Waals surface area contributed by atoms with E-state index in [9.17, 15) is 4.79 Å². The zero-order valence-corrected chi connectivity index (χ0v) is 12.5. The molecule has 2 fully saturated rings. The Morgan fingerprint density at radius 2 is 2.05 bits per heavy atom. The number of ether oxygens (including phenoxy) is 1. The van der Waals surface area contributed by atoms with Gasteiger partial charge in [-0.15, -0.1) is 0 Å². The number of nitrogens with zero attached hydrogens (tertiary/aromatic N) is 2. The topological polar surface area (TPSA) is 42.4 Å². The molecule has 5 heteroatoms. The first-order valence-corrected chi connectivity index (χ1v) is 7.46. The normalized spacial score (nSPS) is 30.3. The lowest BCUT2D eigenvalue weighted by atomic mass is 10.0. The number of carbonyl (C=O) groups is 1. The monoisotopic (exact) mass is 324 g/mol. The van der Waals surface area contributed by atoms with Gasteiger partial charge in [0.05, 0.1) is 5.56 Å². The van der Waals surface area contributed by atoms with Gasteiger partial charge in [-0.3, -0.25) is 4.98 Å². The second-order valence-corrected chi connectivity index (χ2v) is 6.36. The van der Waals surface area contributed by atoms with E-state index < -0.39 is 0 Å². The van der Waals surface area contributed by atoms with Gasteiger partial charge in [0.25, 0.3) is 0 Å². The minimum absolute atomic E-state index is 0.0557. The summed E-state index contributed by atoms with van der Waals surface area (Å²) in [5, 5.41) is 0. The molecule has 3 heterocycles. The molecule has 0 spiro atoms. The zero-order chi connectivity index (χ0) is 13.4.